The van der Waals surface area contributed by atoms with Gasteiger partial charge in [0.05, 0.1) is 30.1 Å². The van der Waals surface area contributed by atoms with E-state index in [1.165, 1.54) is 17.0 Å². The van der Waals surface area contributed by atoms with Crippen LogP contribution in [0.3, 0.4) is 0 Å². The summed E-state index contributed by atoms with van der Waals surface area (Å²) in [5, 5.41) is 0.218. The topological polar surface area (TPSA) is 57.7 Å². The minimum Gasteiger partial charge on any atom is -0.314 e. The second-order valence-corrected chi connectivity index (χ2v) is 10.0. The predicted molar refractivity (Wildman–Crippen MR) is 107 cm³/mol. The maximum absolute atomic E-state index is 14.3. The first kappa shape index (κ1) is 19.2. The van der Waals surface area contributed by atoms with Crippen LogP contribution in [0.25, 0.3) is 0 Å². The Morgan fingerprint density at radius 3 is 2.57 bits per heavy atom. The van der Waals surface area contributed by atoms with Crippen LogP contribution in [0.2, 0.25) is 5.02 Å². The van der Waals surface area contributed by atoms with Crippen molar-refractivity contribution in [2.75, 3.05) is 16.4 Å². The van der Waals surface area contributed by atoms with Crippen LogP contribution in [0.5, 0.6) is 0 Å². The van der Waals surface area contributed by atoms with Gasteiger partial charge in [0, 0.05) is 16.3 Å². The van der Waals surface area contributed by atoms with Gasteiger partial charge in [-0.2, -0.15) is 0 Å². The lowest BCUT2D eigenvalue weighted by Crippen LogP contribution is -2.38. The van der Waals surface area contributed by atoms with Crippen LogP contribution in [0.1, 0.15) is 16.7 Å². The quantitative estimate of drug-likeness (QED) is 0.708. The van der Waals surface area contributed by atoms with Gasteiger partial charge >= 0.3 is 6.03 Å². The van der Waals surface area contributed by atoms with E-state index in [0.717, 1.165) is 11.1 Å². The second kappa shape index (κ2) is 6.74. The maximum atomic E-state index is 14.3. The van der Waals surface area contributed by atoms with Gasteiger partial charge in [0.2, 0.25) is 0 Å². The average molecular weight is 423 g/mol. The van der Waals surface area contributed by atoms with Crippen LogP contribution in [-0.2, 0) is 16.4 Å². The Kier molecular flexibility index (Phi) is 4.62. The van der Waals surface area contributed by atoms with E-state index in [1.54, 1.807) is 11.0 Å². The molecule has 0 aliphatic carbocycles. The number of hydrogen-bond acceptors (Lipinski definition) is 3. The number of aryl methyl sites for hydroxylation is 2. The first-order valence-corrected chi connectivity index (χ1v) is 11.2. The molecular formula is C20H20ClFN2O3S. The summed E-state index contributed by atoms with van der Waals surface area (Å²) in [6, 6.07) is 8.73. The number of anilines is 1. The Bertz CT molecular complexity index is 1050. The SMILES string of the molecule is Cc1ccc(C)c(N2C(=O)N(Cc3c(F)cccc3Cl)[C@H]3CS(=O)(=O)C[C@H]32)c1. The predicted octanol–water partition coefficient (Wildman–Crippen LogP) is 3.70. The number of sulfone groups is 1. The molecule has 4 rings (SSSR count). The highest BCUT2D eigenvalue weighted by atomic mass is 35.5. The van der Waals surface area contributed by atoms with Gasteiger partial charge in [-0.3, -0.25) is 4.90 Å². The molecule has 2 heterocycles. The van der Waals surface area contributed by atoms with Gasteiger partial charge in [0.1, 0.15) is 5.82 Å². The zero-order chi connectivity index (χ0) is 20.2. The van der Waals surface area contributed by atoms with Crippen LogP contribution in [0, 0.1) is 19.7 Å². The number of benzene rings is 2. The highest BCUT2D eigenvalue weighted by Gasteiger charge is 2.54. The van der Waals surface area contributed by atoms with Crippen molar-refractivity contribution < 1.29 is 17.6 Å². The summed E-state index contributed by atoms with van der Waals surface area (Å²) in [7, 11) is -3.30. The summed E-state index contributed by atoms with van der Waals surface area (Å²) in [5.74, 6) is -0.738. The fraction of sp³-hybridized carbons (Fsp3) is 0.350. The molecule has 2 aliphatic heterocycles. The Balaban J connectivity index is 1.78. The molecule has 2 saturated heterocycles. The highest BCUT2D eigenvalue weighted by molar-refractivity contribution is 7.91. The van der Waals surface area contributed by atoms with E-state index in [1.807, 2.05) is 32.0 Å². The van der Waals surface area contributed by atoms with E-state index < -0.39 is 27.7 Å². The van der Waals surface area contributed by atoms with Crippen molar-refractivity contribution in [3.63, 3.8) is 0 Å². The van der Waals surface area contributed by atoms with E-state index in [9.17, 15) is 17.6 Å². The molecule has 0 N–H and O–H groups in total. The summed E-state index contributed by atoms with van der Waals surface area (Å²) in [5.41, 5.74) is 2.75. The Labute approximate surface area is 168 Å². The molecule has 8 heteroatoms. The fourth-order valence-corrected chi connectivity index (χ4v) is 6.25. The number of carbonyl (C=O) groups is 1. The van der Waals surface area contributed by atoms with E-state index >= 15 is 0 Å². The molecule has 0 saturated carbocycles. The minimum absolute atomic E-state index is 0.0671. The molecule has 0 bridgehead atoms. The Hall–Kier alpha value is -2.12. The van der Waals surface area contributed by atoms with Crippen LogP contribution < -0.4 is 4.90 Å². The van der Waals surface area contributed by atoms with Gasteiger partial charge in [0.25, 0.3) is 0 Å². The lowest BCUT2D eigenvalue weighted by Gasteiger charge is -2.24. The molecule has 2 aliphatic rings. The molecule has 0 unspecified atom stereocenters. The zero-order valence-corrected chi connectivity index (χ0v) is 17.1. The van der Waals surface area contributed by atoms with Gasteiger partial charge in [-0.05, 0) is 43.2 Å². The van der Waals surface area contributed by atoms with Gasteiger partial charge in [-0.1, -0.05) is 29.8 Å². The number of urea groups is 1. The van der Waals surface area contributed by atoms with Gasteiger partial charge in [-0.15, -0.1) is 0 Å². The smallest absolute Gasteiger partial charge is 0.314 e. The summed E-state index contributed by atoms with van der Waals surface area (Å²) in [6.45, 7) is 3.74. The summed E-state index contributed by atoms with van der Waals surface area (Å²) < 4.78 is 39.0. The molecule has 2 aromatic carbocycles. The number of rotatable bonds is 3. The molecule has 5 nitrogen and oxygen atoms in total. The van der Waals surface area contributed by atoms with E-state index in [2.05, 4.69) is 0 Å². The number of hydrogen-bond donors (Lipinski definition) is 0. The lowest BCUT2D eigenvalue weighted by molar-refractivity contribution is 0.205. The average Bonchev–Trinajstić information content (AvgIpc) is 3.04. The van der Waals surface area contributed by atoms with Crippen molar-refractivity contribution in [2.24, 2.45) is 0 Å². The Morgan fingerprint density at radius 1 is 1.14 bits per heavy atom. The molecule has 148 valence electrons. The van der Waals surface area contributed by atoms with E-state index in [-0.39, 0.29) is 34.7 Å². The standard InChI is InChI=1S/C20H20ClFN2O3S/c1-12-6-7-13(2)17(8-12)24-19-11-28(26,27)10-18(19)23(20(24)25)9-14-15(21)4-3-5-16(14)22/h3-8,18-19H,9-11H2,1-2H3/t18-,19+/m0/s1. The van der Waals surface area contributed by atoms with Crippen LogP contribution in [-0.4, -0.2) is 42.9 Å². The lowest BCUT2D eigenvalue weighted by atomic mass is 10.1. The van der Waals surface area contributed by atoms with Gasteiger partial charge in [-0.25, -0.2) is 17.6 Å². The molecule has 0 radical (unpaired) electrons. The summed E-state index contributed by atoms with van der Waals surface area (Å²) in [4.78, 5) is 16.3. The number of fused-ring (bicyclic) bond motifs is 1. The summed E-state index contributed by atoms with van der Waals surface area (Å²) >= 11 is 6.14. The third-order valence-electron chi connectivity index (χ3n) is 5.49. The zero-order valence-electron chi connectivity index (χ0n) is 15.5. The first-order valence-electron chi connectivity index (χ1n) is 8.98. The maximum Gasteiger partial charge on any atom is 0.325 e. The molecule has 28 heavy (non-hydrogen) atoms. The normalized spacial score (nSPS) is 23.4. The van der Waals surface area contributed by atoms with Crippen molar-refractivity contribution in [3.05, 3.63) is 63.9 Å². The van der Waals surface area contributed by atoms with Crippen molar-refractivity contribution in [2.45, 2.75) is 32.5 Å². The van der Waals surface area contributed by atoms with Crippen LogP contribution >= 0.6 is 11.6 Å². The van der Waals surface area contributed by atoms with E-state index in [0.29, 0.717) is 5.69 Å². The van der Waals surface area contributed by atoms with Crippen molar-refractivity contribution in [1.82, 2.24) is 4.90 Å². The fourth-order valence-electron chi connectivity index (χ4n) is 4.08. The molecule has 2 aromatic rings. The third kappa shape index (κ3) is 3.16. The molecule has 0 aromatic heterocycles. The van der Waals surface area contributed by atoms with E-state index in [4.69, 9.17) is 11.6 Å². The van der Waals surface area contributed by atoms with Crippen molar-refractivity contribution in [1.29, 1.82) is 0 Å². The number of halogens is 2. The summed E-state index contributed by atoms with van der Waals surface area (Å²) in [6.07, 6.45) is 0. The van der Waals surface area contributed by atoms with Crippen LogP contribution in [0.15, 0.2) is 36.4 Å². The van der Waals surface area contributed by atoms with Crippen molar-refractivity contribution >= 4 is 33.2 Å². The van der Waals surface area contributed by atoms with Gasteiger partial charge in [0.15, 0.2) is 9.84 Å². The molecule has 2 fully saturated rings. The molecule has 2 amide bonds. The Morgan fingerprint density at radius 2 is 1.86 bits per heavy atom. The van der Waals surface area contributed by atoms with Gasteiger partial charge < -0.3 is 4.90 Å². The minimum atomic E-state index is -3.30. The molecular weight excluding hydrogens is 403 g/mol. The monoisotopic (exact) mass is 422 g/mol. The molecule has 0 spiro atoms. The number of amides is 2. The second-order valence-electron chi connectivity index (χ2n) is 7.48. The third-order valence-corrected chi connectivity index (χ3v) is 7.54. The highest BCUT2D eigenvalue weighted by Crippen LogP contribution is 2.38. The number of nitrogens with zero attached hydrogens (tertiary/aromatic N) is 2. The van der Waals surface area contributed by atoms with Crippen molar-refractivity contribution in [3.8, 4) is 0 Å². The van der Waals surface area contributed by atoms with Crippen LogP contribution in [0.4, 0.5) is 14.9 Å². The first-order chi connectivity index (χ1) is 13.2. The number of carbonyl (C=O) groups excluding carboxylic acids is 1. The largest absolute Gasteiger partial charge is 0.325 e. The molecule has 2 atom stereocenters.